The van der Waals surface area contributed by atoms with E-state index < -0.39 is 0 Å². The molecule has 0 atom stereocenters. The van der Waals surface area contributed by atoms with Gasteiger partial charge in [0.05, 0.1) is 0 Å². The number of amides is 2. The molecule has 2 aromatic heterocycles. The van der Waals surface area contributed by atoms with Gasteiger partial charge in [-0.05, 0) is 114 Å². The zero-order chi connectivity index (χ0) is 25.6. The monoisotopic (exact) mass is 506 g/mol. The average molecular weight is 507 g/mol. The fourth-order valence-corrected chi connectivity index (χ4v) is 8.19. The standard InChI is InChI=1S/C29H42N6O2/c1-33(2)10-11-34(23-6-8-30-9-7-23)28(37)24-18-35-25(4-3-5-26(35)32-24)27(36)31-19-29-15-20-12-21(16-29)14-22(13-20)17-29/h3-5,18,20-23,30H,6-17,19H2,1-2H3,(H,31,36). The van der Waals surface area contributed by atoms with Crippen molar-refractivity contribution in [3.8, 4) is 0 Å². The number of carbonyl (C=O) groups is 2. The summed E-state index contributed by atoms with van der Waals surface area (Å²) in [6, 6.07) is 5.80. The summed E-state index contributed by atoms with van der Waals surface area (Å²) < 4.78 is 1.80. The summed E-state index contributed by atoms with van der Waals surface area (Å²) in [5.41, 5.74) is 1.90. The molecule has 0 radical (unpaired) electrons. The van der Waals surface area contributed by atoms with Crippen LogP contribution in [0.1, 0.15) is 72.3 Å². The van der Waals surface area contributed by atoms with Gasteiger partial charge in [0, 0.05) is 31.9 Å². The molecule has 2 N–H and O–H groups in total. The van der Waals surface area contributed by atoms with E-state index in [1.807, 2.05) is 37.2 Å². The lowest BCUT2D eigenvalue weighted by Gasteiger charge is -2.56. The van der Waals surface area contributed by atoms with Crippen LogP contribution in [0.5, 0.6) is 0 Å². The highest BCUT2D eigenvalue weighted by Gasteiger charge is 2.50. The number of imidazole rings is 1. The lowest BCUT2D eigenvalue weighted by Crippen LogP contribution is -2.51. The Morgan fingerprint density at radius 2 is 1.73 bits per heavy atom. The van der Waals surface area contributed by atoms with E-state index in [1.54, 1.807) is 10.6 Å². The molecule has 0 aromatic carbocycles. The third-order valence-electron chi connectivity index (χ3n) is 9.53. The SMILES string of the molecule is CN(C)CCN(C(=O)c1cn2c(C(=O)NCC34CC5CC(CC(C5)C3)C4)cccc2n1)C1CCNCC1. The maximum atomic E-state index is 13.7. The van der Waals surface area contributed by atoms with Crippen molar-refractivity contribution >= 4 is 17.5 Å². The summed E-state index contributed by atoms with van der Waals surface area (Å²) in [6.45, 7) is 4.09. The molecule has 37 heavy (non-hydrogen) atoms. The molecule has 4 bridgehead atoms. The maximum Gasteiger partial charge on any atom is 0.274 e. The Labute approximate surface area is 220 Å². The minimum atomic E-state index is -0.0689. The lowest BCUT2D eigenvalue weighted by molar-refractivity contribution is -0.0503. The Morgan fingerprint density at radius 1 is 1.05 bits per heavy atom. The van der Waals surface area contributed by atoms with Gasteiger partial charge in [-0.3, -0.25) is 14.0 Å². The van der Waals surface area contributed by atoms with Gasteiger partial charge in [-0.25, -0.2) is 4.98 Å². The van der Waals surface area contributed by atoms with E-state index in [1.165, 1.54) is 38.5 Å². The smallest absolute Gasteiger partial charge is 0.274 e. The van der Waals surface area contributed by atoms with Crippen molar-refractivity contribution in [1.29, 1.82) is 0 Å². The van der Waals surface area contributed by atoms with Gasteiger partial charge in [-0.2, -0.15) is 0 Å². The van der Waals surface area contributed by atoms with E-state index in [9.17, 15) is 9.59 Å². The second kappa shape index (κ2) is 10.0. The number of likely N-dealkylation sites (N-methyl/N-ethyl adjacent to an activating group) is 1. The topological polar surface area (TPSA) is 82.0 Å². The molecule has 4 aliphatic carbocycles. The quantitative estimate of drug-likeness (QED) is 0.575. The van der Waals surface area contributed by atoms with E-state index in [4.69, 9.17) is 0 Å². The Balaban J connectivity index is 1.19. The van der Waals surface area contributed by atoms with Crippen molar-refractivity contribution in [1.82, 2.24) is 29.8 Å². The van der Waals surface area contributed by atoms with Gasteiger partial charge in [-0.15, -0.1) is 0 Å². The van der Waals surface area contributed by atoms with Crippen LogP contribution in [0.3, 0.4) is 0 Å². The molecule has 8 nitrogen and oxygen atoms in total. The summed E-state index contributed by atoms with van der Waals surface area (Å²) in [5, 5.41) is 6.69. The molecule has 3 heterocycles. The number of pyridine rings is 1. The number of piperidine rings is 1. The average Bonchev–Trinajstić information content (AvgIpc) is 3.32. The van der Waals surface area contributed by atoms with Crippen LogP contribution >= 0.6 is 0 Å². The molecular formula is C29H42N6O2. The third-order valence-corrected chi connectivity index (χ3v) is 9.53. The minimum Gasteiger partial charge on any atom is -0.350 e. The number of carbonyl (C=O) groups excluding carboxylic acids is 2. The predicted molar refractivity (Wildman–Crippen MR) is 144 cm³/mol. The maximum absolute atomic E-state index is 13.7. The first kappa shape index (κ1) is 24.9. The van der Waals surface area contributed by atoms with E-state index in [0.29, 0.717) is 23.6 Å². The van der Waals surface area contributed by atoms with Crippen molar-refractivity contribution in [2.75, 3.05) is 46.8 Å². The second-order valence-electron chi connectivity index (χ2n) is 12.6. The molecular weight excluding hydrogens is 464 g/mol. The zero-order valence-corrected chi connectivity index (χ0v) is 22.4. The van der Waals surface area contributed by atoms with Crippen molar-refractivity contribution in [2.45, 2.75) is 57.4 Å². The lowest BCUT2D eigenvalue weighted by atomic mass is 9.49. The number of hydrogen-bond donors (Lipinski definition) is 2. The molecule has 7 rings (SSSR count). The summed E-state index contributed by atoms with van der Waals surface area (Å²) in [6.07, 6.45) is 11.7. The van der Waals surface area contributed by atoms with Gasteiger partial charge in [0.2, 0.25) is 0 Å². The normalized spacial score (nSPS) is 29.2. The summed E-state index contributed by atoms with van der Waals surface area (Å²) in [7, 11) is 4.06. The Kier molecular flexibility index (Phi) is 6.74. The van der Waals surface area contributed by atoms with E-state index in [0.717, 1.165) is 56.8 Å². The van der Waals surface area contributed by atoms with Crippen molar-refractivity contribution < 1.29 is 9.59 Å². The number of hydrogen-bond acceptors (Lipinski definition) is 5. The summed E-state index contributed by atoms with van der Waals surface area (Å²) in [4.78, 5) is 35.9. The van der Waals surface area contributed by atoms with Crippen LogP contribution in [0, 0.1) is 23.2 Å². The molecule has 2 amide bonds. The first-order chi connectivity index (χ1) is 17.9. The number of fused-ring (bicyclic) bond motifs is 1. The van der Waals surface area contributed by atoms with E-state index in [2.05, 4.69) is 20.5 Å². The molecule has 8 heteroatoms. The van der Waals surface area contributed by atoms with Gasteiger partial charge < -0.3 is 20.4 Å². The van der Waals surface area contributed by atoms with Crippen LogP contribution in [0.4, 0.5) is 0 Å². The number of aromatic nitrogens is 2. The predicted octanol–water partition coefficient (Wildman–Crippen LogP) is 3.04. The number of rotatable bonds is 8. The highest BCUT2D eigenvalue weighted by atomic mass is 16.2. The van der Waals surface area contributed by atoms with Gasteiger partial charge >= 0.3 is 0 Å². The van der Waals surface area contributed by atoms with E-state index >= 15 is 0 Å². The molecule has 5 aliphatic rings. The molecule has 200 valence electrons. The Morgan fingerprint density at radius 3 is 2.38 bits per heavy atom. The first-order valence-electron chi connectivity index (χ1n) is 14.3. The van der Waals surface area contributed by atoms with Crippen molar-refractivity contribution in [3.05, 3.63) is 35.8 Å². The number of nitrogens with one attached hydrogen (secondary N) is 2. The molecule has 1 saturated heterocycles. The molecule has 1 aliphatic heterocycles. The van der Waals surface area contributed by atoms with Crippen LogP contribution in [-0.4, -0.2) is 83.9 Å². The largest absolute Gasteiger partial charge is 0.350 e. The first-order valence-corrected chi connectivity index (χ1v) is 14.3. The van der Waals surface area contributed by atoms with Gasteiger partial charge in [-0.1, -0.05) is 6.07 Å². The van der Waals surface area contributed by atoms with Crippen LogP contribution < -0.4 is 10.6 Å². The molecule has 4 saturated carbocycles. The third kappa shape index (κ3) is 5.02. The Hall–Kier alpha value is -2.45. The minimum absolute atomic E-state index is 0.0441. The summed E-state index contributed by atoms with van der Waals surface area (Å²) >= 11 is 0. The highest BCUT2D eigenvalue weighted by Crippen LogP contribution is 2.59. The van der Waals surface area contributed by atoms with Gasteiger partial charge in [0.25, 0.3) is 11.8 Å². The highest BCUT2D eigenvalue weighted by molar-refractivity contribution is 5.95. The van der Waals surface area contributed by atoms with Crippen LogP contribution in [0.15, 0.2) is 24.4 Å². The van der Waals surface area contributed by atoms with Crippen molar-refractivity contribution in [3.63, 3.8) is 0 Å². The molecule has 5 fully saturated rings. The number of nitrogens with zero attached hydrogens (tertiary/aromatic N) is 4. The van der Waals surface area contributed by atoms with Crippen LogP contribution in [0.2, 0.25) is 0 Å². The summed E-state index contributed by atoms with van der Waals surface area (Å²) in [5.74, 6) is 2.48. The van der Waals surface area contributed by atoms with Crippen molar-refractivity contribution in [2.24, 2.45) is 23.2 Å². The van der Waals surface area contributed by atoms with Crippen LogP contribution in [0.25, 0.3) is 5.65 Å². The molecule has 2 aromatic rings. The zero-order valence-electron chi connectivity index (χ0n) is 22.4. The fourth-order valence-electron chi connectivity index (χ4n) is 8.19. The van der Waals surface area contributed by atoms with Gasteiger partial charge in [0.1, 0.15) is 17.0 Å². The molecule has 0 unspecified atom stereocenters. The Bertz CT molecular complexity index is 1120. The van der Waals surface area contributed by atoms with Gasteiger partial charge in [0.15, 0.2) is 0 Å². The van der Waals surface area contributed by atoms with E-state index in [-0.39, 0.29) is 23.3 Å². The fraction of sp³-hybridized carbons (Fsp3) is 0.690. The second-order valence-corrected chi connectivity index (χ2v) is 12.6. The molecule has 0 spiro atoms. The van der Waals surface area contributed by atoms with Crippen LogP contribution in [-0.2, 0) is 0 Å².